The van der Waals surface area contributed by atoms with Gasteiger partial charge in [0.1, 0.15) is 0 Å². The van der Waals surface area contributed by atoms with Crippen molar-refractivity contribution in [2.45, 2.75) is 31.3 Å². The van der Waals surface area contributed by atoms with Crippen LogP contribution in [-0.2, 0) is 6.16 Å². The average Bonchev–Trinajstić information content (AvgIpc) is 2.03. The van der Waals surface area contributed by atoms with Crippen LogP contribution in [0.15, 0.2) is 24.3 Å². The van der Waals surface area contributed by atoms with Gasteiger partial charge in [0.25, 0.3) is 0 Å². The molecule has 1 heteroatoms. The molecule has 12 heavy (non-hydrogen) atoms. The van der Waals surface area contributed by atoms with Gasteiger partial charge < -0.3 is 0 Å². The van der Waals surface area contributed by atoms with Gasteiger partial charge in [-0.3, -0.25) is 0 Å². The summed E-state index contributed by atoms with van der Waals surface area (Å²) in [5.74, 6) is 0.878. The smallest absolute Gasteiger partial charge is 0.0128 e. The van der Waals surface area contributed by atoms with Crippen LogP contribution in [0.1, 0.15) is 36.3 Å². The van der Waals surface area contributed by atoms with E-state index in [-0.39, 0.29) is 0 Å². The topological polar surface area (TPSA) is 0 Å². The summed E-state index contributed by atoms with van der Waals surface area (Å²) in [5.41, 5.74) is 2.96. The van der Waals surface area contributed by atoms with E-state index in [1.54, 1.807) is 5.56 Å². The van der Waals surface area contributed by atoms with E-state index in [0.717, 1.165) is 12.1 Å². The molecule has 1 unspecified atom stereocenters. The van der Waals surface area contributed by atoms with Gasteiger partial charge in [0.05, 0.1) is 0 Å². The highest BCUT2D eigenvalue weighted by molar-refractivity contribution is 7.15. The molecule has 0 aliphatic heterocycles. The van der Waals surface area contributed by atoms with E-state index in [2.05, 4.69) is 33.5 Å². The number of rotatable bonds is 2. The van der Waals surface area contributed by atoms with Crippen LogP contribution in [0.2, 0.25) is 0 Å². The number of hydrogen-bond donors (Lipinski definition) is 0. The molecule has 1 aliphatic rings. The van der Waals surface area contributed by atoms with Crippen LogP contribution in [0.4, 0.5) is 0 Å². The maximum atomic E-state index is 2.76. The second-order valence-electron chi connectivity index (χ2n) is 3.57. The Bertz CT molecular complexity index is 246. The largest absolute Gasteiger partial charge is 0.133 e. The fourth-order valence-electron chi connectivity index (χ4n) is 1.67. The maximum absolute atomic E-state index is 2.76. The lowest BCUT2D eigenvalue weighted by Crippen LogP contribution is -2.08. The first-order valence-electron chi connectivity index (χ1n) is 4.69. The summed E-state index contributed by atoms with van der Waals surface area (Å²) >= 11 is 0. The van der Waals surface area contributed by atoms with Gasteiger partial charge in [-0.25, -0.2) is 0 Å². The second kappa shape index (κ2) is 3.58. The van der Waals surface area contributed by atoms with Crippen LogP contribution < -0.4 is 0 Å². The van der Waals surface area contributed by atoms with Crippen LogP contribution in [0.5, 0.6) is 0 Å². The van der Waals surface area contributed by atoms with Gasteiger partial charge >= 0.3 is 0 Å². The third kappa shape index (κ3) is 1.54. The first-order valence-corrected chi connectivity index (χ1v) is 5.50. The molecule has 0 nitrogen and oxygen atoms in total. The van der Waals surface area contributed by atoms with Crippen molar-refractivity contribution in [2.24, 2.45) is 0 Å². The molecule has 64 valence electrons. The van der Waals surface area contributed by atoms with Crippen molar-refractivity contribution in [1.29, 1.82) is 0 Å². The van der Waals surface area contributed by atoms with E-state index >= 15 is 0 Å². The minimum absolute atomic E-state index is 0.878. The third-order valence-electron chi connectivity index (χ3n) is 2.79. The molecular weight excluding hydrogens is 163 g/mol. The average molecular weight is 178 g/mol. The molecule has 1 fully saturated rings. The molecule has 1 saturated carbocycles. The van der Waals surface area contributed by atoms with E-state index in [1.807, 2.05) is 0 Å². The quantitative estimate of drug-likeness (QED) is 0.609. The van der Waals surface area contributed by atoms with Crippen molar-refractivity contribution in [3.63, 3.8) is 0 Å². The Labute approximate surface area is 76.6 Å². The van der Waals surface area contributed by atoms with E-state index in [1.165, 1.54) is 24.8 Å². The highest BCUT2D eigenvalue weighted by Gasteiger charge is 2.18. The van der Waals surface area contributed by atoms with Gasteiger partial charge in [0, 0.05) is 0 Å². The molecule has 0 N–H and O–H groups in total. The molecule has 1 aromatic carbocycles. The zero-order valence-electron chi connectivity index (χ0n) is 7.29. The van der Waals surface area contributed by atoms with Crippen LogP contribution in [0.25, 0.3) is 0 Å². The maximum Gasteiger partial charge on any atom is -0.0128 e. The summed E-state index contributed by atoms with van der Waals surface area (Å²) in [5, 5.41) is 0. The molecule has 0 bridgehead atoms. The summed E-state index contributed by atoms with van der Waals surface area (Å²) in [6, 6.07) is 9.09. The molecule has 1 aromatic rings. The molecule has 0 aromatic heterocycles. The van der Waals surface area contributed by atoms with Gasteiger partial charge in [0.15, 0.2) is 0 Å². The molecule has 2 rings (SSSR count). The van der Waals surface area contributed by atoms with Crippen LogP contribution in [0, 0.1) is 0 Å². The monoisotopic (exact) mass is 178 g/mol. The Balaban J connectivity index is 2.13. The van der Waals surface area contributed by atoms with Crippen LogP contribution in [0.3, 0.4) is 0 Å². The van der Waals surface area contributed by atoms with Crippen LogP contribution in [-0.4, -0.2) is 0 Å². The molecular formula is C11H15P. The lowest BCUT2D eigenvalue weighted by Gasteiger charge is -2.25. The lowest BCUT2D eigenvalue weighted by atomic mass is 9.80. The summed E-state index contributed by atoms with van der Waals surface area (Å²) < 4.78 is 0. The normalized spacial score (nSPS) is 17.4. The third-order valence-corrected chi connectivity index (χ3v) is 3.26. The van der Waals surface area contributed by atoms with Gasteiger partial charge in [-0.1, -0.05) is 30.7 Å². The number of benzene rings is 1. The lowest BCUT2D eigenvalue weighted by molar-refractivity contribution is 0.420. The Morgan fingerprint density at radius 3 is 2.25 bits per heavy atom. The van der Waals surface area contributed by atoms with Crippen molar-refractivity contribution in [3.8, 4) is 0 Å². The zero-order valence-corrected chi connectivity index (χ0v) is 8.45. The highest BCUT2D eigenvalue weighted by atomic mass is 31.0. The van der Waals surface area contributed by atoms with Gasteiger partial charge in [-0.15, -0.1) is 9.24 Å². The van der Waals surface area contributed by atoms with Gasteiger partial charge in [-0.2, -0.15) is 0 Å². The standard InChI is InChI=1S/C11H15P/c12-8-9-4-6-11(7-5-9)10-2-1-3-10/h4-7,10H,1-3,8,12H2. The van der Waals surface area contributed by atoms with Crippen molar-refractivity contribution in [3.05, 3.63) is 35.4 Å². The van der Waals surface area contributed by atoms with E-state index < -0.39 is 0 Å². The summed E-state index contributed by atoms with van der Waals surface area (Å²) in [7, 11) is 2.76. The molecule has 0 saturated heterocycles. The predicted molar refractivity (Wildman–Crippen MR) is 56.4 cm³/mol. The summed E-state index contributed by atoms with van der Waals surface area (Å²) in [6.45, 7) is 0. The minimum atomic E-state index is 0.878. The fourth-order valence-corrected chi connectivity index (χ4v) is 1.94. The van der Waals surface area contributed by atoms with Crippen molar-refractivity contribution < 1.29 is 0 Å². The Morgan fingerprint density at radius 1 is 1.17 bits per heavy atom. The molecule has 0 amide bonds. The van der Waals surface area contributed by atoms with Crippen molar-refractivity contribution >= 4 is 9.24 Å². The predicted octanol–water partition coefficient (Wildman–Crippen LogP) is 3.33. The highest BCUT2D eigenvalue weighted by Crippen LogP contribution is 2.36. The fraction of sp³-hybridized carbons (Fsp3) is 0.455. The molecule has 0 heterocycles. The SMILES string of the molecule is PCc1ccc(C2CCC2)cc1. The Hall–Kier alpha value is -0.350. The Kier molecular flexibility index (Phi) is 2.46. The van der Waals surface area contributed by atoms with Crippen molar-refractivity contribution in [1.82, 2.24) is 0 Å². The van der Waals surface area contributed by atoms with Gasteiger partial charge in [0.2, 0.25) is 0 Å². The number of hydrogen-bond acceptors (Lipinski definition) is 0. The molecule has 0 radical (unpaired) electrons. The second-order valence-corrected chi connectivity index (χ2v) is 3.98. The van der Waals surface area contributed by atoms with E-state index in [4.69, 9.17) is 0 Å². The minimum Gasteiger partial charge on any atom is -0.133 e. The first-order chi connectivity index (χ1) is 5.90. The molecule has 1 aliphatic carbocycles. The molecule has 0 spiro atoms. The summed E-state index contributed by atoms with van der Waals surface area (Å²) in [4.78, 5) is 0. The van der Waals surface area contributed by atoms with E-state index in [9.17, 15) is 0 Å². The Morgan fingerprint density at radius 2 is 1.83 bits per heavy atom. The molecule has 1 atom stereocenters. The van der Waals surface area contributed by atoms with Crippen LogP contribution >= 0.6 is 9.24 Å². The zero-order chi connectivity index (χ0) is 8.39. The first kappa shape index (κ1) is 8.26. The summed E-state index contributed by atoms with van der Waals surface area (Å²) in [6.07, 6.45) is 5.31. The van der Waals surface area contributed by atoms with E-state index in [0.29, 0.717) is 0 Å². The van der Waals surface area contributed by atoms with Gasteiger partial charge in [-0.05, 0) is 36.0 Å². The van der Waals surface area contributed by atoms with Crippen molar-refractivity contribution in [2.75, 3.05) is 0 Å².